The zero-order chi connectivity index (χ0) is 18.4. The van der Waals surface area contributed by atoms with E-state index >= 15 is 0 Å². The Bertz CT molecular complexity index is 920. The van der Waals surface area contributed by atoms with E-state index in [1.54, 1.807) is 24.3 Å². The number of nitrogens with one attached hydrogen (secondary N) is 2. The van der Waals surface area contributed by atoms with E-state index < -0.39 is 0 Å². The van der Waals surface area contributed by atoms with Gasteiger partial charge in [0.25, 0.3) is 5.91 Å². The number of amides is 2. The van der Waals surface area contributed by atoms with E-state index in [2.05, 4.69) is 10.6 Å². The Labute approximate surface area is 155 Å². The van der Waals surface area contributed by atoms with Crippen LogP contribution >= 0.6 is 11.6 Å². The van der Waals surface area contributed by atoms with E-state index in [0.29, 0.717) is 16.5 Å². The highest BCUT2D eigenvalue weighted by molar-refractivity contribution is 6.30. The highest BCUT2D eigenvalue weighted by Crippen LogP contribution is 2.22. The van der Waals surface area contributed by atoms with Crippen LogP contribution < -0.4 is 15.4 Å². The molecule has 0 bridgehead atoms. The third-order valence-electron chi connectivity index (χ3n) is 3.69. The number of hydrogen-bond acceptors (Lipinski definition) is 3. The summed E-state index contributed by atoms with van der Waals surface area (Å²) < 4.78 is 5.33. The lowest BCUT2D eigenvalue weighted by Gasteiger charge is -2.10. The standard InChI is InChI=1S/C20H17ClN2O3/c21-15-8-10-16(11-9-15)26-13-20(25)22-12-19(24)23-18-7-3-5-14-4-1-2-6-17(14)18/h1-11H,12-13H2,(H,22,25)(H,23,24). The summed E-state index contributed by atoms with van der Waals surface area (Å²) in [7, 11) is 0. The van der Waals surface area contributed by atoms with Gasteiger partial charge in [0.2, 0.25) is 5.91 Å². The van der Waals surface area contributed by atoms with Crippen molar-refractivity contribution in [3.63, 3.8) is 0 Å². The van der Waals surface area contributed by atoms with Crippen molar-refractivity contribution in [2.45, 2.75) is 0 Å². The maximum atomic E-state index is 12.1. The molecule has 0 fully saturated rings. The Morgan fingerprint density at radius 1 is 0.885 bits per heavy atom. The molecule has 2 amide bonds. The van der Waals surface area contributed by atoms with Crippen molar-refractivity contribution in [1.82, 2.24) is 5.32 Å². The van der Waals surface area contributed by atoms with Crippen LogP contribution in [-0.2, 0) is 9.59 Å². The van der Waals surface area contributed by atoms with Gasteiger partial charge in [-0.1, -0.05) is 48.0 Å². The van der Waals surface area contributed by atoms with E-state index in [1.165, 1.54) is 0 Å². The Balaban J connectivity index is 1.49. The van der Waals surface area contributed by atoms with Crippen molar-refractivity contribution in [2.24, 2.45) is 0 Å². The van der Waals surface area contributed by atoms with E-state index in [1.807, 2.05) is 42.5 Å². The number of anilines is 1. The van der Waals surface area contributed by atoms with Gasteiger partial charge in [-0.15, -0.1) is 0 Å². The van der Waals surface area contributed by atoms with E-state index in [-0.39, 0.29) is 25.0 Å². The lowest BCUT2D eigenvalue weighted by molar-refractivity contribution is -0.125. The maximum Gasteiger partial charge on any atom is 0.258 e. The highest BCUT2D eigenvalue weighted by Gasteiger charge is 2.08. The average molecular weight is 369 g/mol. The quantitative estimate of drug-likeness (QED) is 0.698. The van der Waals surface area contributed by atoms with E-state index in [0.717, 1.165) is 10.8 Å². The molecule has 3 rings (SSSR count). The molecule has 0 saturated carbocycles. The van der Waals surface area contributed by atoms with Crippen molar-refractivity contribution in [3.8, 4) is 5.75 Å². The second kappa shape index (κ2) is 8.36. The molecule has 0 aliphatic carbocycles. The first-order chi connectivity index (χ1) is 12.6. The van der Waals surface area contributed by atoms with Crippen molar-refractivity contribution >= 4 is 39.9 Å². The van der Waals surface area contributed by atoms with Crippen LogP contribution in [0.2, 0.25) is 5.02 Å². The summed E-state index contributed by atoms with van der Waals surface area (Å²) in [5.74, 6) is -0.154. The van der Waals surface area contributed by atoms with Gasteiger partial charge >= 0.3 is 0 Å². The Morgan fingerprint density at radius 2 is 1.62 bits per heavy atom. The molecule has 0 radical (unpaired) electrons. The molecular formula is C20H17ClN2O3. The van der Waals surface area contributed by atoms with Crippen LogP contribution in [0.4, 0.5) is 5.69 Å². The lowest BCUT2D eigenvalue weighted by atomic mass is 10.1. The molecule has 0 heterocycles. The van der Waals surface area contributed by atoms with Crippen LogP contribution in [0, 0.1) is 0 Å². The van der Waals surface area contributed by atoms with Gasteiger partial charge in [0.05, 0.1) is 6.54 Å². The van der Waals surface area contributed by atoms with Crippen LogP contribution in [-0.4, -0.2) is 25.0 Å². The number of rotatable bonds is 6. The first kappa shape index (κ1) is 17.8. The first-order valence-electron chi connectivity index (χ1n) is 8.04. The Hall–Kier alpha value is -3.05. The van der Waals surface area contributed by atoms with Crippen LogP contribution in [0.25, 0.3) is 10.8 Å². The fraction of sp³-hybridized carbons (Fsp3) is 0.100. The number of halogens is 1. The molecule has 132 valence electrons. The monoisotopic (exact) mass is 368 g/mol. The summed E-state index contributed by atoms with van der Waals surface area (Å²) in [4.78, 5) is 23.9. The molecule has 0 aliphatic heterocycles. The van der Waals surface area contributed by atoms with Gasteiger partial charge < -0.3 is 15.4 Å². The first-order valence-corrected chi connectivity index (χ1v) is 8.42. The zero-order valence-corrected chi connectivity index (χ0v) is 14.6. The van der Waals surface area contributed by atoms with Gasteiger partial charge in [0.15, 0.2) is 6.61 Å². The van der Waals surface area contributed by atoms with Crippen molar-refractivity contribution in [2.75, 3.05) is 18.5 Å². The van der Waals surface area contributed by atoms with Gasteiger partial charge in [-0.25, -0.2) is 0 Å². The predicted octanol–water partition coefficient (Wildman–Crippen LogP) is 3.63. The number of benzene rings is 3. The molecular weight excluding hydrogens is 352 g/mol. The summed E-state index contributed by atoms with van der Waals surface area (Å²) in [6.07, 6.45) is 0. The van der Waals surface area contributed by atoms with Crippen LogP contribution in [0.15, 0.2) is 66.7 Å². The average Bonchev–Trinajstić information content (AvgIpc) is 2.66. The summed E-state index contributed by atoms with van der Waals surface area (Å²) in [5.41, 5.74) is 0.708. The highest BCUT2D eigenvalue weighted by atomic mass is 35.5. The second-order valence-electron chi connectivity index (χ2n) is 5.59. The molecule has 2 N–H and O–H groups in total. The fourth-order valence-electron chi connectivity index (χ4n) is 2.44. The number of hydrogen-bond donors (Lipinski definition) is 2. The molecule has 0 atom stereocenters. The van der Waals surface area contributed by atoms with Crippen LogP contribution in [0.1, 0.15) is 0 Å². The normalized spacial score (nSPS) is 10.3. The Kier molecular flexibility index (Phi) is 5.71. The van der Waals surface area contributed by atoms with Crippen LogP contribution in [0.3, 0.4) is 0 Å². The summed E-state index contributed by atoms with van der Waals surface area (Å²) >= 11 is 5.78. The minimum atomic E-state index is -0.381. The molecule has 26 heavy (non-hydrogen) atoms. The fourth-order valence-corrected chi connectivity index (χ4v) is 2.56. The maximum absolute atomic E-state index is 12.1. The van der Waals surface area contributed by atoms with Crippen LogP contribution in [0.5, 0.6) is 5.75 Å². The SMILES string of the molecule is O=C(COc1ccc(Cl)cc1)NCC(=O)Nc1cccc2ccccc12. The molecule has 0 aromatic heterocycles. The number of carbonyl (C=O) groups is 2. The van der Waals surface area contributed by atoms with Gasteiger partial charge in [0, 0.05) is 16.1 Å². The minimum Gasteiger partial charge on any atom is -0.484 e. The molecule has 3 aromatic rings. The molecule has 0 aliphatic rings. The van der Waals surface area contributed by atoms with Gasteiger partial charge in [0.1, 0.15) is 5.75 Å². The molecule has 6 heteroatoms. The lowest BCUT2D eigenvalue weighted by Crippen LogP contribution is -2.35. The van der Waals surface area contributed by atoms with Gasteiger partial charge in [-0.3, -0.25) is 9.59 Å². The van der Waals surface area contributed by atoms with E-state index in [9.17, 15) is 9.59 Å². The van der Waals surface area contributed by atoms with Crippen molar-refractivity contribution in [1.29, 1.82) is 0 Å². The predicted molar refractivity (Wildman–Crippen MR) is 103 cm³/mol. The minimum absolute atomic E-state index is 0.133. The summed E-state index contributed by atoms with van der Waals surface area (Å²) in [6.45, 7) is -0.310. The third kappa shape index (κ3) is 4.74. The largest absolute Gasteiger partial charge is 0.484 e. The van der Waals surface area contributed by atoms with Gasteiger partial charge in [-0.05, 0) is 35.7 Å². The summed E-state index contributed by atoms with van der Waals surface area (Å²) in [5, 5.41) is 7.91. The van der Waals surface area contributed by atoms with Crippen molar-refractivity contribution < 1.29 is 14.3 Å². The number of fused-ring (bicyclic) bond motifs is 1. The molecule has 0 unspecified atom stereocenters. The topological polar surface area (TPSA) is 67.4 Å². The summed E-state index contributed by atoms with van der Waals surface area (Å²) in [6, 6.07) is 20.1. The molecule has 3 aromatic carbocycles. The zero-order valence-electron chi connectivity index (χ0n) is 13.9. The smallest absolute Gasteiger partial charge is 0.258 e. The molecule has 5 nitrogen and oxygen atoms in total. The van der Waals surface area contributed by atoms with Gasteiger partial charge in [-0.2, -0.15) is 0 Å². The molecule has 0 spiro atoms. The second-order valence-corrected chi connectivity index (χ2v) is 6.03. The molecule has 0 saturated heterocycles. The van der Waals surface area contributed by atoms with Crippen molar-refractivity contribution in [3.05, 3.63) is 71.8 Å². The number of carbonyl (C=O) groups excluding carboxylic acids is 2. The third-order valence-corrected chi connectivity index (χ3v) is 3.95. The van der Waals surface area contributed by atoms with E-state index in [4.69, 9.17) is 16.3 Å². The number of ether oxygens (including phenoxy) is 1. The Morgan fingerprint density at radius 3 is 2.42 bits per heavy atom.